The summed E-state index contributed by atoms with van der Waals surface area (Å²) in [6.07, 6.45) is 2.35. The molecule has 21 heavy (non-hydrogen) atoms. The molecule has 112 valence electrons. The molecule has 1 aliphatic heterocycles. The first-order valence-corrected chi connectivity index (χ1v) is 7.66. The number of hydrogen-bond donors (Lipinski definition) is 1. The van der Waals surface area contributed by atoms with Crippen LogP contribution >= 0.6 is 24.2 Å². The maximum absolute atomic E-state index is 12.9. The molecule has 0 radical (unpaired) electrons. The molecule has 0 saturated carbocycles. The Labute approximate surface area is 134 Å². The quantitative estimate of drug-likeness (QED) is 0.936. The van der Waals surface area contributed by atoms with Crippen molar-refractivity contribution in [2.75, 3.05) is 13.1 Å². The number of thioether (sulfide) groups is 1. The Morgan fingerprint density at radius 2 is 1.71 bits per heavy atom. The van der Waals surface area contributed by atoms with Crippen LogP contribution in [0.3, 0.4) is 0 Å². The first kappa shape index (κ1) is 16.2. The molecule has 0 atom stereocenters. The highest BCUT2D eigenvalue weighted by molar-refractivity contribution is 7.99. The van der Waals surface area contributed by atoms with Crippen LogP contribution < -0.4 is 5.32 Å². The third-order valence-corrected chi connectivity index (χ3v) is 4.62. The van der Waals surface area contributed by atoms with Gasteiger partial charge in [0.15, 0.2) is 0 Å². The summed E-state index contributed by atoms with van der Waals surface area (Å²) in [5, 5.41) is 13.4. The fourth-order valence-corrected chi connectivity index (χ4v) is 3.29. The van der Waals surface area contributed by atoms with E-state index in [4.69, 9.17) is 0 Å². The van der Waals surface area contributed by atoms with Crippen LogP contribution in [-0.4, -0.2) is 28.5 Å². The average Bonchev–Trinajstić information content (AvgIpc) is 2.50. The lowest BCUT2D eigenvalue weighted by Crippen LogP contribution is -2.29. The van der Waals surface area contributed by atoms with E-state index < -0.39 is 0 Å². The van der Waals surface area contributed by atoms with Gasteiger partial charge >= 0.3 is 0 Å². The lowest BCUT2D eigenvalue weighted by molar-refractivity contribution is 0.531. The van der Waals surface area contributed by atoms with Crippen molar-refractivity contribution >= 4 is 24.2 Å². The Morgan fingerprint density at radius 1 is 1.00 bits per heavy atom. The van der Waals surface area contributed by atoms with Crippen LogP contribution in [0.5, 0.6) is 0 Å². The zero-order valence-corrected chi connectivity index (χ0v) is 13.1. The van der Waals surface area contributed by atoms with Crippen LogP contribution in [-0.2, 0) is 0 Å². The molecule has 3 rings (SSSR count). The van der Waals surface area contributed by atoms with E-state index in [1.165, 1.54) is 25.0 Å². The molecule has 0 spiro atoms. The van der Waals surface area contributed by atoms with Crippen LogP contribution in [0.1, 0.15) is 12.8 Å². The van der Waals surface area contributed by atoms with Crippen LogP contribution in [0.2, 0.25) is 0 Å². The van der Waals surface area contributed by atoms with Crippen molar-refractivity contribution in [2.45, 2.75) is 23.1 Å². The van der Waals surface area contributed by atoms with Gasteiger partial charge in [0.05, 0.1) is 5.69 Å². The molecular weight excluding hydrogens is 309 g/mol. The van der Waals surface area contributed by atoms with Crippen LogP contribution in [0.15, 0.2) is 41.4 Å². The topological polar surface area (TPSA) is 37.8 Å². The molecular formula is C15H17ClFN3S. The zero-order valence-electron chi connectivity index (χ0n) is 11.5. The Morgan fingerprint density at radius 3 is 2.33 bits per heavy atom. The summed E-state index contributed by atoms with van der Waals surface area (Å²) in [6.45, 7) is 2.16. The molecule has 1 aromatic heterocycles. The minimum atomic E-state index is -0.236. The first-order chi connectivity index (χ1) is 9.81. The highest BCUT2D eigenvalue weighted by atomic mass is 35.5. The molecule has 6 heteroatoms. The molecule has 0 aliphatic carbocycles. The van der Waals surface area contributed by atoms with Gasteiger partial charge in [-0.05, 0) is 62.3 Å². The minimum Gasteiger partial charge on any atom is -0.317 e. The summed E-state index contributed by atoms with van der Waals surface area (Å²) >= 11 is 1.80. The number of benzene rings is 1. The van der Waals surface area contributed by atoms with Crippen molar-refractivity contribution in [3.63, 3.8) is 0 Å². The molecule has 0 amide bonds. The van der Waals surface area contributed by atoms with E-state index in [-0.39, 0.29) is 18.2 Å². The number of rotatable bonds is 3. The number of nitrogens with one attached hydrogen (secondary N) is 1. The van der Waals surface area contributed by atoms with Gasteiger partial charge in [0.2, 0.25) is 0 Å². The van der Waals surface area contributed by atoms with Crippen molar-refractivity contribution in [2.24, 2.45) is 0 Å². The van der Waals surface area contributed by atoms with Gasteiger partial charge in [-0.25, -0.2) is 4.39 Å². The van der Waals surface area contributed by atoms with Crippen molar-refractivity contribution < 1.29 is 4.39 Å². The van der Waals surface area contributed by atoms with Gasteiger partial charge in [0.25, 0.3) is 0 Å². The normalized spacial score (nSPS) is 15.5. The molecule has 1 saturated heterocycles. The lowest BCUT2D eigenvalue weighted by Gasteiger charge is -2.21. The lowest BCUT2D eigenvalue weighted by atomic mass is 10.1. The number of aromatic nitrogens is 2. The van der Waals surface area contributed by atoms with Crippen LogP contribution in [0, 0.1) is 5.82 Å². The molecule has 2 heterocycles. The van der Waals surface area contributed by atoms with Gasteiger partial charge in [0, 0.05) is 10.8 Å². The first-order valence-electron chi connectivity index (χ1n) is 6.78. The maximum Gasteiger partial charge on any atom is 0.123 e. The van der Waals surface area contributed by atoms with E-state index in [1.807, 2.05) is 12.1 Å². The monoisotopic (exact) mass is 325 g/mol. The molecule has 1 fully saturated rings. The van der Waals surface area contributed by atoms with Crippen LogP contribution in [0.25, 0.3) is 11.3 Å². The number of piperidine rings is 1. The third kappa shape index (κ3) is 4.40. The fourth-order valence-electron chi connectivity index (χ4n) is 2.24. The molecule has 1 aliphatic rings. The van der Waals surface area contributed by atoms with Crippen LogP contribution in [0.4, 0.5) is 4.39 Å². The zero-order chi connectivity index (χ0) is 13.8. The second-order valence-electron chi connectivity index (χ2n) is 4.83. The largest absolute Gasteiger partial charge is 0.317 e. The molecule has 1 aromatic carbocycles. The highest BCUT2D eigenvalue weighted by Gasteiger charge is 2.15. The predicted molar refractivity (Wildman–Crippen MR) is 86.4 cm³/mol. The SMILES string of the molecule is Cl.Fc1ccc(-c2ccc(SC3CCNCC3)nn2)cc1. The van der Waals surface area contributed by atoms with E-state index in [1.54, 1.807) is 23.9 Å². The van der Waals surface area contributed by atoms with E-state index in [9.17, 15) is 4.39 Å². The Hall–Kier alpha value is -1.17. The van der Waals surface area contributed by atoms with Gasteiger partial charge in [-0.3, -0.25) is 0 Å². The second-order valence-corrected chi connectivity index (χ2v) is 6.15. The van der Waals surface area contributed by atoms with Crippen molar-refractivity contribution in [1.29, 1.82) is 0 Å². The standard InChI is InChI=1S/C15H16FN3S.ClH/c16-12-3-1-11(2-4-12)14-5-6-15(19-18-14)20-13-7-9-17-10-8-13;/h1-6,13,17H,7-10H2;1H. The Bertz CT molecular complexity index is 556. The minimum absolute atomic E-state index is 0. The van der Waals surface area contributed by atoms with Gasteiger partial charge < -0.3 is 5.32 Å². The summed E-state index contributed by atoms with van der Waals surface area (Å²) in [6, 6.07) is 10.3. The molecule has 0 bridgehead atoms. The molecule has 2 aromatic rings. The Kier molecular flexibility index (Phi) is 5.96. The fraction of sp³-hybridized carbons (Fsp3) is 0.333. The average molecular weight is 326 g/mol. The van der Waals surface area contributed by atoms with E-state index >= 15 is 0 Å². The number of nitrogens with zero attached hydrogens (tertiary/aromatic N) is 2. The van der Waals surface area contributed by atoms with Crippen molar-refractivity contribution in [3.05, 3.63) is 42.2 Å². The van der Waals surface area contributed by atoms with Gasteiger partial charge in [-0.2, -0.15) is 0 Å². The third-order valence-electron chi connectivity index (χ3n) is 3.35. The molecule has 0 unspecified atom stereocenters. The van der Waals surface area contributed by atoms with Gasteiger partial charge in [-0.1, -0.05) is 0 Å². The smallest absolute Gasteiger partial charge is 0.123 e. The van der Waals surface area contributed by atoms with E-state index in [2.05, 4.69) is 15.5 Å². The highest BCUT2D eigenvalue weighted by Crippen LogP contribution is 2.27. The predicted octanol–water partition coefficient (Wildman–Crippen LogP) is 3.55. The van der Waals surface area contributed by atoms with E-state index in [0.29, 0.717) is 5.25 Å². The summed E-state index contributed by atoms with van der Waals surface area (Å²) < 4.78 is 12.9. The number of hydrogen-bond acceptors (Lipinski definition) is 4. The van der Waals surface area contributed by atoms with Crippen molar-refractivity contribution in [3.8, 4) is 11.3 Å². The second kappa shape index (κ2) is 7.73. The van der Waals surface area contributed by atoms with Gasteiger partial charge in [0.1, 0.15) is 10.8 Å². The molecule has 3 nitrogen and oxygen atoms in total. The maximum atomic E-state index is 12.9. The number of halogens is 2. The summed E-state index contributed by atoms with van der Waals surface area (Å²) in [4.78, 5) is 0. The Balaban J connectivity index is 0.00000161. The summed E-state index contributed by atoms with van der Waals surface area (Å²) in [5.74, 6) is -0.236. The molecule has 1 N–H and O–H groups in total. The summed E-state index contributed by atoms with van der Waals surface area (Å²) in [7, 11) is 0. The van der Waals surface area contributed by atoms with Crippen molar-refractivity contribution in [1.82, 2.24) is 15.5 Å². The van der Waals surface area contributed by atoms with Gasteiger partial charge in [-0.15, -0.1) is 34.4 Å². The summed E-state index contributed by atoms with van der Waals surface area (Å²) in [5.41, 5.74) is 1.66. The van der Waals surface area contributed by atoms with E-state index in [0.717, 1.165) is 29.4 Å².